The van der Waals surface area contributed by atoms with Gasteiger partial charge in [-0.1, -0.05) is 12.1 Å². The van der Waals surface area contributed by atoms with Crippen molar-refractivity contribution in [1.29, 1.82) is 0 Å². The van der Waals surface area contributed by atoms with Gasteiger partial charge < -0.3 is 20.2 Å². The van der Waals surface area contributed by atoms with E-state index in [2.05, 4.69) is 9.97 Å². The van der Waals surface area contributed by atoms with Crippen LogP contribution in [0.25, 0.3) is 0 Å². The average Bonchev–Trinajstić information content (AvgIpc) is 2.39. The van der Waals surface area contributed by atoms with Crippen molar-refractivity contribution in [3.05, 3.63) is 46.5 Å². The summed E-state index contributed by atoms with van der Waals surface area (Å²) in [6, 6.07) is 7.23. The highest BCUT2D eigenvalue weighted by Crippen LogP contribution is 2.25. The Morgan fingerprint density at radius 3 is 3.00 bits per heavy atom. The highest BCUT2D eigenvalue weighted by Gasteiger charge is 2.11. The van der Waals surface area contributed by atoms with E-state index in [-0.39, 0.29) is 11.6 Å². The molecule has 3 N–H and O–H groups in total. The molecule has 18 heavy (non-hydrogen) atoms. The van der Waals surface area contributed by atoms with E-state index in [0.717, 1.165) is 5.56 Å². The van der Waals surface area contributed by atoms with Crippen LogP contribution in [0.3, 0.4) is 0 Å². The van der Waals surface area contributed by atoms with E-state index in [1.165, 1.54) is 13.4 Å². The molecule has 0 unspecified atom stereocenters. The third-order valence-electron chi connectivity index (χ3n) is 2.33. The van der Waals surface area contributed by atoms with Gasteiger partial charge >= 0.3 is 0 Å². The van der Waals surface area contributed by atoms with Crippen molar-refractivity contribution in [1.82, 2.24) is 9.97 Å². The Hall–Kier alpha value is -2.34. The number of aromatic nitrogens is 2. The van der Waals surface area contributed by atoms with E-state index in [4.69, 9.17) is 15.2 Å². The van der Waals surface area contributed by atoms with Crippen LogP contribution in [0, 0.1) is 0 Å². The van der Waals surface area contributed by atoms with E-state index < -0.39 is 5.56 Å². The molecule has 0 amide bonds. The Labute approximate surface area is 103 Å². The van der Waals surface area contributed by atoms with Gasteiger partial charge in [-0.25, -0.2) is 4.98 Å². The molecule has 2 rings (SSSR count). The summed E-state index contributed by atoms with van der Waals surface area (Å²) in [6.07, 6.45) is 1.26. The van der Waals surface area contributed by atoms with Gasteiger partial charge in [0.2, 0.25) is 5.75 Å². The molecule has 94 valence electrons. The number of hydrogen-bond acceptors (Lipinski definition) is 5. The van der Waals surface area contributed by atoms with E-state index in [9.17, 15) is 4.79 Å². The number of aromatic amines is 1. The SMILES string of the molecule is COc1c(Oc2cccc(CN)c2)nc[nH]c1=O. The Kier molecular flexibility index (Phi) is 3.59. The molecule has 1 aromatic heterocycles. The first kappa shape index (κ1) is 12.1. The number of nitrogens with one attached hydrogen (secondary N) is 1. The quantitative estimate of drug-likeness (QED) is 0.842. The largest absolute Gasteiger partial charge is 0.487 e. The lowest BCUT2D eigenvalue weighted by Gasteiger charge is -2.08. The number of ether oxygens (including phenoxy) is 2. The second kappa shape index (κ2) is 5.33. The molecule has 1 aromatic carbocycles. The minimum atomic E-state index is -0.391. The smallest absolute Gasteiger partial charge is 0.297 e. The zero-order valence-electron chi connectivity index (χ0n) is 9.84. The van der Waals surface area contributed by atoms with Crippen LogP contribution in [0.15, 0.2) is 35.4 Å². The van der Waals surface area contributed by atoms with Crippen molar-refractivity contribution in [3.8, 4) is 17.4 Å². The molecule has 2 aromatic rings. The van der Waals surface area contributed by atoms with E-state index in [0.29, 0.717) is 12.3 Å². The van der Waals surface area contributed by atoms with Crippen molar-refractivity contribution >= 4 is 0 Å². The van der Waals surface area contributed by atoms with Crippen molar-refractivity contribution in [2.45, 2.75) is 6.54 Å². The molecule has 0 saturated heterocycles. The van der Waals surface area contributed by atoms with E-state index in [1.807, 2.05) is 12.1 Å². The molecular weight excluding hydrogens is 234 g/mol. The first-order chi connectivity index (χ1) is 8.74. The van der Waals surface area contributed by atoms with Crippen LogP contribution in [0.1, 0.15) is 5.56 Å². The summed E-state index contributed by atoms with van der Waals surface area (Å²) in [5, 5.41) is 0. The average molecular weight is 247 g/mol. The van der Waals surface area contributed by atoms with Gasteiger partial charge in [-0.2, -0.15) is 0 Å². The lowest BCUT2D eigenvalue weighted by Crippen LogP contribution is -2.11. The monoisotopic (exact) mass is 247 g/mol. The number of benzene rings is 1. The minimum Gasteiger partial charge on any atom is -0.487 e. The highest BCUT2D eigenvalue weighted by molar-refractivity contribution is 5.36. The second-order valence-corrected chi connectivity index (χ2v) is 3.52. The fourth-order valence-corrected chi connectivity index (χ4v) is 1.47. The summed E-state index contributed by atoms with van der Waals surface area (Å²) < 4.78 is 10.5. The third-order valence-corrected chi connectivity index (χ3v) is 2.33. The van der Waals surface area contributed by atoms with Gasteiger partial charge in [0.05, 0.1) is 13.4 Å². The standard InChI is InChI=1S/C12H13N3O3/c1-17-10-11(16)14-7-15-12(10)18-9-4-2-3-8(5-9)6-13/h2-5,7H,6,13H2,1H3,(H,14,15,16). The maximum absolute atomic E-state index is 11.5. The molecule has 0 radical (unpaired) electrons. The molecule has 0 atom stereocenters. The molecule has 0 aliphatic heterocycles. The summed E-state index contributed by atoms with van der Waals surface area (Å²) in [5.41, 5.74) is 6.08. The van der Waals surface area contributed by atoms with Crippen LogP contribution in [0.4, 0.5) is 0 Å². The maximum Gasteiger partial charge on any atom is 0.297 e. The molecule has 6 nitrogen and oxygen atoms in total. The van der Waals surface area contributed by atoms with Crippen molar-refractivity contribution in [3.63, 3.8) is 0 Å². The number of methoxy groups -OCH3 is 1. The van der Waals surface area contributed by atoms with Crippen LogP contribution in [-0.4, -0.2) is 17.1 Å². The van der Waals surface area contributed by atoms with E-state index in [1.54, 1.807) is 12.1 Å². The summed E-state index contributed by atoms with van der Waals surface area (Å²) >= 11 is 0. The molecule has 0 fully saturated rings. The summed E-state index contributed by atoms with van der Waals surface area (Å²) in [6.45, 7) is 0.414. The molecule has 0 aliphatic carbocycles. The van der Waals surface area contributed by atoms with Crippen LogP contribution >= 0.6 is 0 Å². The number of nitrogens with two attached hydrogens (primary N) is 1. The first-order valence-electron chi connectivity index (χ1n) is 5.33. The van der Waals surface area contributed by atoms with Crippen LogP contribution in [-0.2, 0) is 6.54 Å². The predicted octanol–water partition coefficient (Wildman–Crippen LogP) is 1.03. The molecule has 0 bridgehead atoms. The fraction of sp³-hybridized carbons (Fsp3) is 0.167. The second-order valence-electron chi connectivity index (χ2n) is 3.52. The van der Waals surface area contributed by atoms with Crippen LogP contribution in [0.2, 0.25) is 0 Å². The maximum atomic E-state index is 11.5. The molecule has 0 saturated carbocycles. The lowest BCUT2D eigenvalue weighted by molar-refractivity contribution is 0.363. The minimum absolute atomic E-state index is 0.0376. The topological polar surface area (TPSA) is 90.2 Å². The summed E-state index contributed by atoms with van der Waals surface area (Å²) in [5.74, 6) is 0.709. The van der Waals surface area contributed by atoms with Crippen LogP contribution in [0.5, 0.6) is 17.4 Å². The van der Waals surface area contributed by atoms with Gasteiger partial charge in [0, 0.05) is 6.54 Å². The van der Waals surface area contributed by atoms with Gasteiger partial charge in [-0.15, -0.1) is 0 Å². The molecule has 6 heteroatoms. The summed E-state index contributed by atoms with van der Waals surface area (Å²) in [7, 11) is 1.38. The molecule has 0 aliphatic rings. The third kappa shape index (κ3) is 2.49. The number of hydrogen-bond donors (Lipinski definition) is 2. The van der Waals surface area contributed by atoms with Gasteiger partial charge in [-0.05, 0) is 17.7 Å². The van der Waals surface area contributed by atoms with Gasteiger partial charge in [0.15, 0.2) is 0 Å². The Morgan fingerprint density at radius 1 is 1.44 bits per heavy atom. The Balaban J connectivity index is 2.33. The Bertz CT molecular complexity index is 595. The zero-order valence-corrected chi connectivity index (χ0v) is 9.84. The number of H-pyrrole nitrogens is 1. The molecule has 1 heterocycles. The highest BCUT2D eigenvalue weighted by atomic mass is 16.5. The summed E-state index contributed by atoms with van der Waals surface area (Å²) in [4.78, 5) is 17.8. The van der Waals surface area contributed by atoms with Gasteiger partial charge in [0.1, 0.15) is 5.75 Å². The first-order valence-corrected chi connectivity index (χ1v) is 5.33. The van der Waals surface area contributed by atoms with Gasteiger partial charge in [-0.3, -0.25) is 4.79 Å². The van der Waals surface area contributed by atoms with E-state index >= 15 is 0 Å². The number of nitrogens with zero attached hydrogens (tertiary/aromatic N) is 1. The Morgan fingerprint density at radius 2 is 2.28 bits per heavy atom. The zero-order chi connectivity index (χ0) is 13.0. The van der Waals surface area contributed by atoms with Crippen LogP contribution < -0.4 is 20.8 Å². The lowest BCUT2D eigenvalue weighted by atomic mass is 10.2. The van der Waals surface area contributed by atoms with Crippen molar-refractivity contribution in [2.24, 2.45) is 5.73 Å². The predicted molar refractivity (Wildman–Crippen MR) is 65.8 cm³/mol. The molecular formula is C12H13N3O3. The normalized spacial score (nSPS) is 10.1. The number of rotatable bonds is 4. The fourth-order valence-electron chi connectivity index (χ4n) is 1.47. The van der Waals surface area contributed by atoms with Crippen molar-refractivity contribution < 1.29 is 9.47 Å². The van der Waals surface area contributed by atoms with Gasteiger partial charge in [0.25, 0.3) is 11.4 Å². The van der Waals surface area contributed by atoms with Crippen molar-refractivity contribution in [2.75, 3.05) is 7.11 Å². The molecule has 0 spiro atoms.